The summed E-state index contributed by atoms with van der Waals surface area (Å²) in [6, 6.07) is 7.09. The maximum atomic E-state index is 12.5. The van der Waals surface area contributed by atoms with Gasteiger partial charge in [-0.25, -0.2) is 9.59 Å². The minimum Gasteiger partial charge on any atom is -0.464 e. The van der Waals surface area contributed by atoms with Crippen molar-refractivity contribution < 1.29 is 23.9 Å². The van der Waals surface area contributed by atoms with Gasteiger partial charge in [-0.1, -0.05) is 24.3 Å². The molecule has 0 aromatic heterocycles. The molecule has 3 N–H and O–H groups in total. The normalized spacial score (nSPS) is 10.4. The third-order valence-electron chi connectivity index (χ3n) is 3.37. The molecule has 140 valence electrons. The second kappa shape index (κ2) is 10.7. The zero-order chi connectivity index (χ0) is 18.2. The molecule has 7 nitrogen and oxygen atoms in total. The lowest BCUT2D eigenvalue weighted by Gasteiger charge is -2.29. The van der Waals surface area contributed by atoms with Gasteiger partial charge >= 0.3 is 11.9 Å². The molecule has 0 fully saturated rings. The fourth-order valence-electron chi connectivity index (χ4n) is 2.28. The first-order valence-electron chi connectivity index (χ1n) is 7.80. The molecule has 0 radical (unpaired) electrons. The molecule has 0 aliphatic heterocycles. The highest BCUT2D eigenvalue weighted by Gasteiger charge is 2.50. The maximum Gasteiger partial charge on any atom is 0.344 e. The SMILES string of the molecule is CCOC(=O)C(Cc1ccc(CN)cc1)(NC(C)=O)C(=O)OCC.Cl. The summed E-state index contributed by atoms with van der Waals surface area (Å²) in [7, 11) is 0. The van der Waals surface area contributed by atoms with Gasteiger partial charge in [0.15, 0.2) is 0 Å². The second-order valence-electron chi connectivity index (χ2n) is 5.22. The van der Waals surface area contributed by atoms with E-state index in [9.17, 15) is 14.4 Å². The fourth-order valence-corrected chi connectivity index (χ4v) is 2.28. The van der Waals surface area contributed by atoms with Crippen molar-refractivity contribution in [3.63, 3.8) is 0 Å². The van der Waals surface area contributed by atoms with Crippen LogP contribution in [0.3, 0.4) is 0 Å². The average Bonchev–Trinajstić information content (AvgIpc) is 2.54. The van der Waals surface area contributed by atoms with Gasteiger partial charge in [0.1, 0.15) is 0 Å². The Bertz CT molecular complexity index is 571. The Labute approximate surface area is 153 Å². The molecule has 0 aliphatic rings. The Hall–Kier alpha value is -2.12. The van der Waals surface area contributed by atoms with Crippen LogP contribution in [0, 0.1) is 0 Å². The van der Waals surface area contributed by atoms with Crippen molar-refractivity contribution in [1.29, 1.82) is 0 Å². The summed E-state index contributed by atoms with van der Waals surface area (Å²) < 4.78 is 10.0. The van der Waals surface area contributed by atoms with Crippen molar-refractivity contribution in [1.82, 2.24) is 5.32 Å². The van der Waals surface area contributed by atoms with Gasteiger partial charge in [-0.05, 0) is 25.0 Å². The highest BCUT2D eigenvalue weighted by atomic mass is 35.5. The van der Waals surface area contributed by atoms with E-state index in [0.29, 0.717) is 12.1 Å². The standard InChI is InChI=1S/C17H24N2O5.ClH/c1-4-23-15(21)17(19-12(3)20,16(22)24-5-2)10-13-6-8-14(11-18)9-7-13;/h6-9H,4-5,10-11,18H2,1-3H3,(H,19,20);1H. The van der Waals surface area contributed by atoms with Crippen LogP contribution in [0.25, 0.3) is 0 Å². The molecule has 1 amide bonds. The van der Waals surface area contributed by atoms with Crippen LogP contribution in [-0.4, -0.2) is 36.6 Å². The number of halogens is 1. The first-order chi connectivity index (χ1) is 11.4. The topological polar surface area (TPSA) is 108 Å². The van der Waals surface area contributed by atoms with Crippen molar-refractivity contribution in [2.75, 3.05) is 13.2 Å². The highest BCUT2D eigenvalue weighted by molar-refractivity contribution is 6.08. The van der Waals surface area contributed by atoms with E-state index >= 15 is 0 Å². The van der Waals surface area contributed by atoms with Crippen LogP contribution in [0.15, 0.2) is 24.3 Å². The summed E-state index contributed by atoms with van der Waals surface area (Å²) in [4.78, 5) is 36.6. The van der Waals surface area contributed by atoms with Crippen LogP contribution in [-0.2, 0) is 36.8 Å². The third-order valence-corrected chi connectivity index (χ3v) is 3.37. The van der Waals surface area contributed by atoms with Crippen molar-refractivity contribution >= 4 is 30.3 Å². The Balaban J connectivity index is 0.00000576. The van der Waals surface area contributed by atoms with Crippen molar-refractivity contribution in [2.45, 2.75) is 39.3 Å². The number of carbonyl (C=O) groups is 3. The Morgan fingerprint density at radius 2 is 1.44 bits per heavy atom. The average molecular weight is 373 g/mol. The van der Waals surface area contributed by atoms with Gasteiger partial charge in [-0.2, -0.15) is 0 Å². The molecule has 25 heavy (non-hydrogen) atoms. The molecule has 0 heterocycles. The summed E-state index contributed by atoms with van der Waals surface area (Å²) in [6.45, 7) is 5.00. The molecule has 0 saturated heterocycles. The van der Waals surface area contributed by atoms with Crippen LogP contribution >= 0.6 is 12.4 Å². The van der Waals surface area contributed by atoms with Gasteiger partial charge in [-0.3, -0.25) is 4.79 Å². The lowest BCUT2D eigenvalue weighted by molar-refractivity contribution is -0.168. The van der Waals surface area contributed by atoms with Crippen LogP contribution in [0.5, 0.6) is 0 Å². The van der Waals surface area contributed by atoms with E-state index in [2.05, 4.69) is 5.32 Å². The number of esters is 2. The van der Waals surface area contributed by atoms with Gasteiger partial charge in [0.25, 0.3) is 0 Å². The number of ether oxygens (including phenoxy) is 2. The summed E-state index contributed by atoms with van der Waals surface area (Å²) in [5.74, 6) is -2.22. The van der Waals surface area contributed by atoms with E-state index in [1.807, 2.05) is 0 Å². The predicted octanol–water partition coefficient (Wildman–Crippen LogP) is 1.11. The van der Waals surface area contributed by atoms with Gasteiger partial charge in [0.2, 0.25) is 11.4 Å². The predicted molar refractivity (Wildman–Crippen MR) is 95.1 cm³/mol. The van der Waals surface area contributed by atoms with Crippen molar-refractivity contribution in [3.05, 3.63) is 35.4 Å². The van der Waals surface area contributed by atoms with Crippen molar-refractivity contribution in [3.8, 4) is 0 Å². The molecule has 0 spiro atoms. The number of carbonyl (C=O) groups excluding carboxylic acids is 3. The van der Waals surface area contributed by atoms with E-state index in [1.165, 1.54) is 6.92 Å². The monoisotopic (exact) mass is 372 g/mol. The first kappa shape index (κ1) is 22.9. The number of amides is 1. The number of hydrogen-bond donors (Lipinski definition) is 2. The number of nitrogens with two attached hydrogens (primary N) is 1. The van der Waals surface area contributed by atoms with Gasteiger partial charge in [-0.15, -0.1) is 12.4 Å². The van der Waals surface area contributed by atoms with E-state index in [1.54, 1.807) is 38.1 Å². The lowest BCUT2D eigenvalue weighted by Crippen LogP contribution is -2.62. The minimum absolute atomic E-state index is 0. The second-order valence-corrected chi connectivity index (χ2v) is 5.22. The molecular weight excluding hydrogens is 348 g/mol. The zero-order valence-corrected chi connectivity index (χ0v) is 15.5. The lowest BCUT2D eigenvalue weighted by atomic mass is 9.90. The quantitative estimate of drug-likeness (QED) is 0.522. The molecule has 1 aromatic carbocycles. The number of hydrogen-bond acceptors (Lipinski definition) is 6. The van der Waals surface area contributed by atoms with Crippen LogP contribution in [0.2, 0.25) is 0 Å². The third kappa shape index (κ3) is 6.03. The molecule has 1 rings (SSSR count). The molecule has 0 bridgehead atoms. The smallest absolute Gasteiger partial charge is 0.344 e. The fraction of sp³-hybridized carbons (Fsp3) is 0.471. The van der Waals surface area contributed by atoms with Crippen LogP contribution < -0.4 is 11.1 Å². The summed E-state index contributed by atoms with van der Waals surface area (Å²) in [5.41, 5.74) is 5.23. The zero-order valence-electron chi connectivity index (χ0n) is 14.7. The van der Waals surface area contributed by atoms with Gasteiger partial charge in [0.05, 0.1) is 13.2 Å². The van der Waals surface area contributed by atoms with Gasteiger partial charge < -0.3 is 20.5 Å². The Morgan fingerprint density at radius 1 is 1.00 bits per heavy atom. The molecule has 8 heteroatoms. The number of benzene rings is 1. The summed E-state index contributed by atoms with van der Waals surface area (Å²) in [6.07, 6.45) is -0.0743. The molecule has 0 saturated carbocycles. The van der Waals surface area contributed by atoms with Gasteiger partial charge in [0, 0.05) is 19.9 Å². The number of nitrogens with one attached hydrogen (secondary N) is 1. The van der Waals surface area contributed by atoms with Crippen LogP contribution in [0.1, 0.15) is 31.9 Å². The van der Waals surface area contributed by atoms with E-state index in [0.717, 1.165) is 5.56 Å². The molecule has 1 aromatic rings. The van der Waals surface area contributed by atoms with E-state index in [-0.39, 0.29) is 32.0 Å². The van der Waals surface area contributed by atoms with Crippen molar-refractivity contribution in [2.24, 2.45) is 5.73 Å². The molecular formula is C17H25ClN2O5. The first-order valence-corrected chi connectivity index (χ1v) is 7.80. The number of rotatable bonds is 8. The Kier molecular flexibility index (Phi) is 9.78. The van der Waals surface area contributed by atoms with Crippen LogP contribution in [0.4, 0.5) is 0 Å². The largest absolute Gasteiger partial charge is 0.464 e. The molecule has 0 unspecified atom stereocenters. The summed E-state index contributed by atoms with van der Waals surface area (Å²) >= 11 is 0. The van der Waals surface area contributed by atoms with E-state index < -0.39 is 23.4 Å². The Morgan fingerprint density at radius 3 is 1.80 bits per heavy atom. The highest BCUT2D eigenvalue weighted by Crippen LogP contribution is 2.19. The summed E-state index contributed by atoms with van der Waals surface area (Å²) in [5, 5.41) is 2.43. The van der Waals surface area contributed by atoms with E-state index in [4.69, 9.17) is 15.2 Å². The maximum absolute atomic E-state index is 12.5. The molecule has 0 aliphatic carbocycles. The molecule has 0 atom stereocenters. The minimum atomic E-state index is -1.91.